The summed E-state index contributed by atoms with van der Waals surface area (Å²) in [5, 5.41) is 7.69. The van der Waals surface area contributed by atoms with E-state index < -0.39 is 39.9 Å². The average Bonchev–Trinajstić information content (AvgIpc) is 2.94. The lowest BCUT2D eigenvalue weighted by molar-refractivity contribution is -0.154. The Morgan fingerprint density at radius 3 is 2.56 bits per heavy atom. The zero-order chi connectivity index (χ0) is 19.9. The van der Waals surface area contributed by atoms with E-state index in [1.54, 1.807) is 24.3 Å². The summed E-state index contributed by atoms with van der Waals surface area (Å²) in [7, 11) is -3.10. The Hall–Kier alpha value is -2.62. The van der Waals surface area contributed by atoms with E-state index in [1.807, 2.05) is 6.07 Å². The second-order valence-electron chi connectivity index (χ2n) is 6.24. The van der Waals surface area contributed by atoms with Gasteiger partial charge in [0, 0.05) is 18.3 Å². The zero-order valence-corrected chi connectivity index (χ0v) is 15.8. The molecule has 0 saturated carbocycles. The highest BCUT2D eigenvalue weighted by Crippen LogP contribution is 2.11. The van der Waals surface area contributed by atoms with Crippen LogP contribution in [0.1, 0.15) is 19.8 Å². The van der Waals surface area contributed by atoms with E-state index in [0.29, 0.717) is 12.1 Å². The largest absolute Gasteiger partial charge is 0.452 e. The maximum Gasteiger partial charge on any atom is 0.319 e. The van der Waals surface area contributed by atoms with Gasteiger partial charge in [-0.25, -0.2) is 13.2 Å². The van der Waals surface area contributed by atoms with Gasteiger partial charge < -0.3 is 20.7 Å². The number of carbonyl (C=O) groups is 3. The molecule has 10 heteroatoms. The van der Waals surface area contributed by atoms with Crippen molar-refractivity contribution in [3.05, 3.63) is 30.3 Å². The summed E-state index contributed by atoms with van der Waals surface area (Å²) in [5.41, 5.74) is 0.622. The van der Waals surface area contributed by atoms with E-state index >= 15 is 0 Å². The Morgan fingerprint density at radius 2 is 1.93 bits per heavy atom. The highest BCUT2D eigenvalue weighted by atomic mass is 32.2. The second-order valence-corrected chi connectivity index (χ2v) is 8.47. The second kappa shape index (κ2) is 9.36. The normalized spacial score (nSPS) is 18.9. The number of ether oxygens (including phenoxy) is 1. The first-order valence-electron chi connectivity index (χ1n) is 8.55. The molecule has 0 aromatic heterocycles. The van der Waals surface area contributed by atoms with Crippen LogP contribution >= 0.6 is 0 Å². The number of para-hydroxylation sites is 1. The minimum atomic E-state index is -3.10. The van der Waals surface area contributed by atoms with Crippen molar-refractivity contribution in [1.82, 2.24) is 10.6 Å². The molecule has 2 atom stereocenters. The van der Waals surface area contributed by atoms with Gasteiger partial charge in [0.05, 0.1) is 17.9 Å². The third kappa shape index (κ3) is 7.26. The number of esters is 1. The smallest absolute Gasteiger partial charge is 0.319 e. The number of urea groups is 1. The molecule has 1 heterocycles. The fourth-order valence-corrected chi connectivity index (χ4v) is 4.19. The van der Waals surface area contributed by atoms with Gasteiger partial charge in [-0.3, -0.25) is 9.59 Å². The van der Waals surface area contributed by atoms with Crippen LogP contribution in [0, 0.1) is 0 Å². The van der Waals surface area contributed by atoms with Gasteiger partial charge in [0.1, 0.15) is 0 Å². The van der Waals surface area contributed by atoms with Crippen LogP contribution in [0.2, 0.25) is 0 Å². The van der Waals surface area contributed by atoms with Crippen LogP contribution in [0.4, 0.5) is 10.5 Å². The predicted octanol–water partition coefficient (Wildman–Crippen LogP) is 0.433. The molecular weight excluding hydrogens is 374 g/mol. The Bertz CT molecular complexity index is 781. The topological polar surface area (TPSA) is 131 Å². The first kappa shape index (κ1) is 20.7. The summed E-state index contributed by atoms with van der Waals surface area (Å²) >= 11 is 0. The quantitative estimate of drug-likeness (QED) is 0.572. The lowest BCUT2D eigenvalue weighted by atomic mass is 10.2. The molecule has 9 nitrogen and oxygen atoms in total. The van der Waals surface area contributed by atoms with Crippen LogP contribution < -0.4 is 16.0 Å². The molecule has 2 rings (SSSR count). The molecule has 1 fully saturated rings. The Morgan fingerprint density at radius 1 is 1.22 bits per heavy atom. The minimum absolute atomic E-state index is 0.0445. The van der Waals surface area contributed by atoms with E-state index in [1.165, 1.54) is 6.92 Å². The van der Waals surface area contributed by atoms with Crippen LogP contribution in [0.5, 0.6) is 0 Å². The van der Waals surface area contributed by atoms with Gasteiger partial charge in [-0.1, -0.05) is 18.2 Å². The van der Waals surface area contributed by atoms with E-state index in [2.05, 4.69) is 16.0 Å². The molecule has 148 valence electrons. The summed E-state index contributed by atoms with van der Waals surface area (Å²) < 4.78 is 27.8. The molecule has 1 aliphatic rings. The fourth-order valence-electron chi connectivity index (χ4n) is 2.51. The molecule has 0 bridgehead atoms. The summed E-state index contributed by atoms with van der Waals surface area (Å²) in [5.74, 6) is -1.24. The van der Waals surface area contributed by atoms with Crippen molar-refractivity contribution in [3.63, 3.8) is 0 Å². The average molecular weight is 397 g/mol. The fraction of sp³-hybridized carbons (Fsp3) is 0.471. The van der Waals surface area contributed by atoms with Gasteiger partial charge in [-0.2, -0.15) is 0 Å². The predicted molar refractivity (Wildman–Crippen MR) is 98.8 cm³/mol. The number of amides is 3. The van der Waals surface area contributed by atoms with Crippen molar-refractivity contribution in [2.24, 2.45) is 0 Å². The van der Waals surface area contributed by atoms with Crippen LogP contribution in [0.3, 0.4) is 0 Å². The molecule has 27 heavy (non-hydrogen) atoms. The number of hydrogen-bond acceptors (Lipinski definition) is 6. The molecule has 0 radical (unpaired) electrons. The maximum atomic E-state index is 12.0. The minimum Gasteiger partial charge on any atom is -0.452 e. The van der Waals surface area contributed by atoms with Crippen LogP contribution in [-0.4, -0.2) is 56.5 Å². The van der Waals surface area contributed by atoms with Crippen LogP contribution in [0.25, 0.3) is 0 Å². The number of nitrogens with one attached hydrogen (secondary N) is 3. The lowest BCUT2D eigenvalue weighted by Gasteiger charge is -2.16. The van der Waals surface area contributed by atoms with Crippen molar-refractivity contribution in [1.29, 1.82) is 0 Å². The molecule has 0 unspecified atom stereocenters. The van der Waals surface area contributed by atoms with Crippen molar-refractivity contribution in [2.75, 3.05) is 23.4 Å². The molecule has 0 aliphatic carbocycles. The highest BCUT2D eigenvalue weighted by molar-refractivity contribution is 7.91. The van der Waals surface area contributed by atoms with Gasteiger partial charge in [-0.05, 0) is 25.5 Å². The highest BCUT2D eigenvalue weighted by Gasteiger charge is 2.30. The van der Waals surface area contributed by atoms with E-state index in [0.717, 1.165) is 0 Å². The monoisotopic (exact) mass is 397 g/mol. The van der Waals surface area contributed by atoms with Gasteiger partial charge in [0.25, 0.3) is 5.91 Å². The number of benzene rings is 1. The summed E-state index contributed by atoms with van der Waals surface area (Å²) in [4.78, 5) is 35.4. The number of sulfone groups is 1. The molecule has 0 spiro atoms. The van der Waals surface area contributed by atoms with E-state index in [9.17, 15) is 22.8 Å². The third-order valence-corrected chi connectivity index (χ3v) is 5.67. The first-order valence-corrected chi connectivity index (χ1v) is 10.4. The van der Waals surface area contributed by atoms with Gasteiger partial charge in [-0.15, -0.1) is 0 Å². The van der Waals surface area contributed by atoms with Crippen LogP contribution in [-0.2, 0) is 24.2 Å². The van der Waals surface area contributed by atoms with Crippen molar-refractivity contribution < 1.29 is 27.5 Å². The molecule has 3 amide bonds. The summed E-state index contributed by atoms with van der Waals surface area (Å²) in [6.07, 6.45) is -0.786. The first-order chi connectivity index (χ1) is 12.7. The molecular formula is C17H23N3O6S. The summed E-state index contributed by atoms with van der Waals surface area (Å²) in [6.45, 7) is 1.46. The Balaban J connectivity index is 1.64. The molecule has 1 aromatic rings. The van der Waals surface area contributed by atoms with Crippen molar-refractivity contribution >= 4 is 33.4 Å². The third-order valence-electron chi connectivity index (χ3n) is 3.90. The standard InChI is InChI=1S/C17H23N3O6S/c1-12(16(22)19-14-8-10-27(24,25)11-14)26-15(21)7-9-18-17(23)20-13-5-3-2-4-6-13/h2-6,12,14H,7-11H2,1H3,(H,19,22)(H2,18,20,23)/t12-,14-/m0/s1. The van der Waals surface area contributed by atoms with E-state index in [-0.39, 0.29) is 24.5 Å². The molecule has 3 N–H and O–H groups in total. The summed E-state index contributed by atoms with van der Waals surface area (Å²) in [6, 6.07) is 7.92. The molecule has 1 aromatic carbocycles. The SMILES string of the molecule is C[C@H](OC(=O)CCNC(=O)Nc1ccccc1)C(=O)N[C@H]1CCS(=O)(=O)C1. The molecule has 1 aliphatic heterocycles. The number of carbonyl (C=O) groups excluding carboxylic acids is 3. The van der Waals surface area contributed by atoms with Crippen LogP contribution in [0.15, 0.2) is 30.3 Å². The Labute approximate surface area is 157 Å². The van der Waals surface area contributed by atoms with Crippen molar-refractivity contribution in [3.8, 4) is 0 Å². The maximum absolute atomic E-state index is 12.0. The van der Waals surface area contributed by atoms with Gasteiger partial charge in [0.2, 0.25) is 0 Å². The number of rotatable bonds is 7. The lowest BCUT2D eigenvalue weighted by Crippen LogP contribution is -2.42. The number of anilines is 1. The number of hydrogen-bond donors (Lipinski definition) is 3. The van der Waals surface area contributed by atoms with Gasteiger partial charge >= 0.3 is 12.0 Å². The zero-order valence-electron chi connectivity index (χ0n) is 14.9. The van der Waals surface area contributed by atoms with Gasteiger partial charge in [0.15, 0.2) is 15.9 Å². The van der Waals surface area contributed by atoms with E-state index in [4.69, 9.17) is 4.74 Å². The molecule has 1 saturated heterocycles. The van der Waals surface area contributed by atoms with Crippen molar-refractivity contribution in [2.45, 2.75) is 31.9 Å². The Kier molecular flexibility index (Phi) is 7.17.